The van der Waals surface area contributed by atoms with Crippen LogP contribution in [-0.4, -0.2) is 57.9 Å². The van der Waals surface area contributed by atoms with Crippen molar-refractivity contribution in [3.05, 3.63) is 53.1 Å². The van der Waals surface area contributed by atoms with Gasteiger partial charge in [-0.1, -0.05) is 32.4 Å². The second-order valence-electron chi connectivity index (χ2n) is 8.36. The van der Waals surface area contributed by atoms with Crippen LogP contribution in [0.5, 0.6) is 17.2 Å². The van der Waals surface area contributed by atoms with E-state index in [-0.39, 0.29) is 18.0 Å². The number of carbonyl (C=O) groups excluding carboxylic acids is 2. The van der Waals surface area contributed by atoms with Gasteiger partial charge < -0.3 is 29.2 Å². The van der Waals surface area contributed by atoms with Crippen LogP contribution in [0.25, 0.3) is 0 Å². The van der Waals surface area contributed by atoms with Crippen molar-refractivity contribution < 1.29 is 28.5 Å². The van der Waals surface area contributed by atoms with Crippen LogP contribution < -0.4 is 19.5 Å². The van der Waals surface area contributed by atoms with Gasteiger partial charge >= 0.3 is 12.0 Å². The minimum absolute atomic E-state index is 0.0720. The number of urea groups is 1. The van der Waals surface area contributed by atoms with E-state index in [0.717, 1.165) is 28.9 Å². The average Bonchev–Trinajstić information content (AvgIpc) is 2.89. The summed E-state index contributed by atoms with van der Waals surface area (Å²) >= 11 is 0. The lowest BCUT2D eigenvalue weighted by Crippen LogP contribution is -2.53. The molecule has 0 saturated carbocycles. The maximum Gasteiger partial charge on any atom is 0.328 e. The van der Waals surface area contributed by atoms with Gasteiger partial charge in [0.1, 0.15) is 11.8 Å². The topological polar surface area (TPSA) is 86.3 Å². The molecule has 2 amide bonds. The van der Waals surface area contributed by atoms with Crippen LogP contribution in [0.3, 0.4) is 0 Å². The second kappa shape index (κ2) is 11.1. The average molecular weight is 471 g/mol. The minimum atomic E-state index is -0.731. The number of esters is 1. The van der Waals surface area contributed by atoms with E-state index in [2.05, 4.69) is 5.32 Å². The van der Waals surface area contributed by atoms with Crippen molar-refractivity contribution in [3.8, 4) is 17.2 Å². The molecule has 1 N–H and O–H groups in total. The molecule has 0 saturated heterocycles. The number of hydrogen-bond acceptors (Lipinski definition) is 6. The summed E-state index contributed by atoms with van der Waals surface area (Å²) < 4.78 is 21.3. The normalized spacial score (nSPS) is 16.6. The summed E-state index contributed by atoms with van der Waals surface area (Å²) in [4.78, 5) is 27.7. The Balaban J connectivity index is 2.05. The standard InChI is InChI=1S/C26H34N2O6/c1-7-16(2)23(25(29)34-6)27-26(30)28-13-12-18-14-21(32-4)22(33-5)15-20(18)24(28)17-8-10-19(31-3)11-9-17/h8-11,14-16,23-24H,7,12-13H2,1-6H3,(H,27,30). The van der Waals surface area contributed by atoms with Gasteiger partial charge in [-0.2, -0.15) is 0 Å². The van der Waals surface area contributed by atoms with Crippen molar-refractivity contribution in [2.24, 2.45) is 5.92 Å². The first-order valence-electron chi connectivity index (χ1n) is 11.4. The molecule has 1 heterocycles. The molecule has 1 aliphatic heterocycles. The summed E-state index contributed by atoms with van der Waals surface area (Å²) in [5, 5.41) is 2.92. The van der Waals surface area contributed by atoms with Crippen molar-refractivity contribution in [2.75, 3.05) is 35.0 Å². The predicted molar refractivity (Wildman–Crippen MR) is 129 cm³/mol. The maximum absolute atomic E-state index is 13.6. The Hall–Kier alpha value is -3.42. The van der Waals surface area contributed by atoms with Gasteiger partial charge in [0.2, 0.25) is 0 Å². The molecule has 1 aliphatic rings. The number of hydrogen-bond donors (Lipinski definition) is 1. The van der Waals surface area contributed by atoms with E-state index in [0.29, 0.717) is 24.5 Å². The third kappa shape index (κ3) is 5.05. The zero-order valence-corrected chi connectivity index (χ0v) is 20.7. The smallest absolute Gasteiger partial charge is 0.328 e. The molecule has 0 aromatic heterocycles. The lowest BCUT2D eigenvalue weighted by Gasteiger charge is -2.39. The maximum atomic E-state index is 13.6. The van der Waals surface area contributed by atoms with E-state index in [4.69, 9.17) is 18.9 Å². The molecule has 0 aliphatic carbocycles. The summed E-state index contributed by atoms with van der Waals surface area (Å²) in [6, 6.07) is 10.1. The molecule has 2 aromatic carbocycles. The van der Waals surface area contributed by atoms with E-state index in [9.17, 15) is 9.59 Å². The Labute approximate surface area is 201 Å². The zero-order chi connectivity index (χ0) is 24.8. The first-order valence-corrected chi connectivity index (χ1v) is 11.4. The quantitative estimate of drug-likeness (QED) is 0.588. The van der Waals surface area contributed by atoms with Crippen LogP contribution >= 0.6 is 0 Å². The monoisotopic (exact) mass is 470 g/mol. The number of methoxy groups -OCH3 is 4. The number of ether oxygens (including phenoxy) is 4. The third-order valence-electron chi connectivity index (χ3n) is 6.51. The summed E-state index contributed by atoms with van der Waals surface area (Å²) in [5.41, 5.74) is 2.94. The Kier molecular flexibility index (Phi) is 8.26. The van der Waals surface area contributed by atoms with E-state index in [1.807, 2.05) is 50.2 Å². The number of rotatable bonds is 8. The van der Waals surface area contributed by atoms with Crippen molar-refractivity contribution in [2.45, 2.75) is 38.8 Å². The first kappa shape index (κ1) is 25.2. The van der Waals surface area contributed by atoms with Crippen molar-refractivity contribution in [1.29, 1.82) is 0 Å². The summed E-state index contributed by atoms with van der Waals surface area (Å²) in [6.45, 7) is 4.37. The highest BCUT2D eigenvalue weighted by Gasteiger charge is 2.36. The van der Waals surface area contributed by atoms with Crippen molar-refractivity contribution >= 4 is 12.0 Å². The Bertz CT molecular complexity index is 1010. The fraction of sp³-hybridized carbons (Fsp3) is 0.462. The Morgan fingerprint density at radius 2 is 1.68 bits per heavy atom. The fourth-order valence-electron chi connectivity index (χ4n) is 4.32. The molecule has 2 aromatic rings. The number of amides is 2. The molecule has 8 heteroatoms. The van der Waals surface area contributed by atoms with Gasteiger partial charge in [0, 0.05) is 6.54 Å². The molecule has 0 bridgehead atoms. The predicted octanol–water partition coefficient (Wildman–Crippen LogP) is 3.96. The van der Waals surface area contributed by atoms with Crippen molar-refractivity contribution in [3.63, 3.8) is 0 Å². The summed E-state index contributed by atoms with van der Waals surface area (Å²) in [7, 11) is 6.15. The van der Waals surface area contributed by atoms with Gasteiger partial charge in [-0.15, -0.1) is 0 Å². The SMILES string of the molecule is CCC(C)C(NC(=O)N1CCc2cc(OC)c(OC)cc2C1c1ccc(OC)cc1)C(=O)OC. The van der Waals surface area contributed by atoms with Crippen LogP contribution in [0, 0.1) is 5.92 Å². The highest BCUT2D eigenvalue weighted by molar-refractivity contribution is 5.84. The van der Waals surface area contributed by atoms with Crippen LogP contribution in [-0.2, 0) is 16.0 Å². The second-order valence-corrected chi connectivity index (χ2v) is 8.36. The van der Waals surface area contributed by atoms with Crippen molar-refractivity contribution in [1.82, 2.24) is 10.2 Å². The zero-order valence-electron chi connectivity index (χ0n) is 20.7. The van der Waals surface area contributed by atoms with Gasteiger partial charge in [0.15, 0.2) is 11.5 Å². The van der Waals surface area contributed by atoms with Gasteiger partial charge in [-0.25, -0.2) is 9.59 Å². The van der Waals surface area contributed by atoms with Crippen LogP contribution in [0.2, 0.25) is 0 Å². The van der Waals surface area contributed by atoms with Gasteiger partial charge in [0.25, 0.3) is 0 Å². The highest BCUT2D eigenvalue weighted by Crippen LogP contribution is 2.41. The summed E-state index contributed by atoms with van der Waals surface area (Å²) in [6.07, 6.45) is 1.36. The molecule has 34 heavy (non-hydrogen) atoms. The summed E-state index contributed by atoms with van der Waals surface area (Å²) in [5.74, 6) is 1.44. The molecule has 0 spiro atoms. The van der Waals surface area contributed by atoms with Gasteiger partial charge in [0.05, 0.1) is 34.5 Å². The fourth-order valence-corrected chi connectivity index (χ4v) is 4.32. The molecule has 0 radical (unpaired) electrons. The Morgan fingerprint density at radius 1 is 1.03 bits per heavy atom. The molecule has 3 rings (SSSR count). The first-order chi connectivity index (χ1) is 16.4. The van der Waals surface area contributed by atoms with Crippen LogP contribution in [0.15, 0.2) is 36.4 Å². The molecule has 3 unspecified atom stereocenters. The Morgan fingerprint density at radius 3 is 2.24 bits per heavy atom. The number of fused-ring (bicyclic) bond motifs is 1. The van der Waals surface area contributed by atoms with Crippen LogP contribution in [0.1, 0.15) is 43.0 Å². The number of benzene rings is 2. The molecule has 3 atom stereocenters. The van der Waals surface area contributed by atoms with E-state index in [1.165, 1.54) is 7.11 Å². The van der Waals surface area contributed by atoms with E-state index >= 15 is 0 Å². The minimum Gasteiger partial charge on any atom is -0.497 e. The highest BCUT2D eigenvalue weighted by atomic mass is 16.5. The van der Waals surface area contributed by atoms with E-state index < -0.39 is 12.0 Å². The largest absolute Gasteiger partial charge is 0.497 e. The molecular formula is C26H34N2O6. The van der Waals surface area contributed by atoms with E-state index in [1.54, 1.807) is 26.2 Å². The number of nitrogens with one attached hydrogen (secondary N) is 1. The lowest BCUT2D eigenvalue weighted by atomic mass is 9.87. The number of nitrogens with zero attached hydrogens (tertiary/aromatic N) is 1. The third-order valence-corrected chi connectivity index (χ3v) is 6.51. The molecule has 184 valence electrons. The van der Waals surface area contributed by atoms with Crippen LogP contribution in [0.4, 0.5) is 4.79 Å². The molecule has 0 fully saturated rings. The number of carbonyl (C=O) groups is 2. The van der Waals surface area contributed by atoms with Gasteiger partial charge in [-0.3, -0.25) is 0 Å². The molecular weight excluding hydrogens is 436 g/mol. The van der Waals surface area contributed by atoms with Gasteiger partial charge in [-0.05, 0) is 53.3 Å². The molecule has 8 nitrogen and oxygen atoms in total. The lowest BCUT2D eigenvalue weighted by molar-refractivity contribution is -0.144.